The summed E-state index contributed by atoms with van der Waals surface area (Å²) in [5.74, 6) is 1.62. The first-order valence-electron chi connectivity index (χ1n) is 4.94. The number of nitrogens with one attached hydrogen (secondary N) is 2. The lowest BCUT2D eigenvalue weighted by Crippen LogP contribution is -2.13. The minimum Gasteiger partial charge on any atom is -0.385 e. The predicted octanol–water partition coefficient (Wildman–Crippen LogP) is 1.62. The number of carbonyl (C=O) groups excluding carboxylic acids is 1. The number of benzene rings is 1. The molecule has 1 aliphatic heterocycles. The van der Waals surface area contributed by atoms with Crippen molar-refractivity contribution in [3.63, 3.8) is 0 Å². The van der Waals surface area contributed by atoms with E-state index in [1.54, 1.807) is 0 Å². The minimum absolute atomic E-state index is 0.404. The smallest absolute Gasteiger partial charge is 0.300 e. The number of anilines is 2. The highest BCUT2D eigenvalue weighted by Gasteiger charge is 2.09. The maximum Gasteiger partial charge on any atom is 0.300 e. The normalized spacial score (nSPS) is 13.3. The second kappa shape index (κ2) is 4.05. The van der Waals surface area contributed by atoms with Gasteiger partial charge in [0.25, 0.3) is 5.91 Å². The Kier molecular flexibility index (Phi) is 2.59. The molecule has 0 radical (unpaired) electrons. The van der Waals surface area contributed by atoms with Gasteiger partial charge in [-0.3, -0.25) is 4.79 Å². The van der Waals surface area contributed by atoms with Gasteiger partial charge in [0.2, 0.25) is 0 Å². The Morgan fingerprint density at radius 1 is 1.53 bits per heavy atom. The van der Waals surface area contributed by atoms with Crippen LogP contribution in [0.15, 0.2) is 18.2 Å². The molecule has 2 rings (SSSR count). The van der Waals surface area contributed by atoms with Crippen LogP contribution in [0.5, 0.6) is 0 Å². The summed E-state index contributed by atoms with van der Waals surface area (Å²) in [5, 5.41) is 5.94. The zero-order valence-electron chi connectivity index (χ0n) is 8.34. The summed E-state index contributed by atoms with van der Waals surface area (Å²) in [6.45, 7) is 1.02. The third kappa shape index (κ3) is 2.10. The van der Waals surface area contributed by atoms with Crippen molar-refractivity contribution in [2.24, 2.45) is 0 Å². The molecule has 0 atom stereocenters. The minimum atomic E-state index is -0.404. The first kappa shape index (κ1) is 9.60. The fourth-order valence-corrected chi connectivity index (χ4v) is 1.72. The maximum atomic E-state index is 11.0. The van der Waals surface area contributed by atoms with E-state index in [0.29, 0.717) is 0 Å². The molecule has 1 heterocycles. The van der Waals surface area contributed by atoms with Gasteiger partial charge in [-0.05, 0) is 42.5 Å². The van der Waals surface area contributed by atoms with Gasteiger partial charge in [-0.25, -0.2) is 0 Å². The summed E-state index contributed by atoms with van der Waals surface area (Å²) >= 11 is 0. The topological polar surface area (TPSA) is 41.1 Å². The second-order valence-electron chi connectivity index (χ2n) is 3.50. The molecule has 2 N–H and O–H groups in total. The van der Waals surface area contributed by atoms with Crippen molar-refractivity contribution in [1.29, 1.82) is 0 Å². The van der Waals surface area contributed by atoms with Gasteiger partial charge in [0, 0.05) is 17.9 Å². The van der Waals surface area contributed by atoms with Crippen molar-refractivity contribution in [3.05, 3.63) is 23.8 Å². The van der Waals surface area contributed by atoms with Crippen LogP contribution in [-0.2, 0) is 11.2 Å². The molecule has 1 aliphatic rings. The van der Waals surface area contributed by atoms with E-state index in [-0.39, 0.29) is 0 Å². The van der Waals surface area contributed by atoms with Gasteiger partial charge >= 0.3 is 0 Å². The fraction of sp³-hybridized carbons (Fsp3) is 0.250. The molecule has 0 saturated heterocycles. The highest BCUT2D eigenvalue weighted by atomic mass is 16.1. The van der Waals surface area contributed by atoms with E-state index in [4.69, 9.17) is 6.42 Å². The van der Waals surface area contributed by atoms with Crippen molar-refractivity contribution in [2.45, 2.75) is 12.8 Å². The lowest BCUT2D eigenvalue weighted by atomic mass is 10.0. The van der Waals surface area contributed by atoms with Gasteiger partial charge in [-0.2, -0.15) is 0 Å². The lowest BCUT2D eigenvalue weighted by Gasteiger charge is -2.18. The molecule has 0 unspecified atom stereocenters. The largest absolute Gasteiger partial charge is 0.385 e. The van der Waals surface area contributed by atoms with E-state index < -0.39 is 5.91 Å². The molecule has 0 aliphatic carbocycles. The fourth-order valence-electron chi connectivity index (χ4n) is 1.72. The Morgan fingerprint density at radius 3 is 3.20 bits per heavy atom. The van der Waals surface area contributed by atoms with Crippen molar-refractivity contribution in [1.82, 2.24) is 0 Å². The Labute approximate surface area is 88.9 Å². The standard InChI is InChI=1S/C12H12N2O/c1-2-12(15)14-10-5-6-11-9(8-10)4-3-7-13-11/h1,5-6,8,13H,3-4,7H2,(H,14,15). The third-order valence-corrected chi connectivity index (χ3v) is 2.43. The van der Waals surface area contributed by atoms with Gasteiger partial charge in [-0.1, -0.05) is 0 Å². The quantitative estimate of drug-likeness (QED) is 0.676. The van der Waals surface area contributed by atoms with Gasteiger partial charge in [0.05, 0.1) is 0 Å². The molecular weight excluding hydrogens is 188 g/mol. The number of aryl methyl sites for hydroxylation is 1. The van der Waals surface area contributed by atoms with Gasteiger partial charge in [0.15, 0.2) is 0 Å². The zero-order chi connectivity index (χ0) is 10.7. The molecule has 0 fully saturated rings. The third-order valence-electron chi connectivity index (χ3n) is 2.43. The van der Waals surface area contributed by atoms with E-state index in [9.17, 15) is 4.79 Å². The van der Waals surface area contributed by atoms with E-state index in [1.807, 2.05) is 24.1 Å². The molecule has 1 aromatic rings. The van der Waals surface area contributed by atoms with Crippen LogP contribution in [0.1, 0.15) is 12.0 Å². The number of hydrogen-bond donors (Lipinski definition) is 2. The molecule has 0 aromatic heterocycles. The molecule has 1 aromatic carbocycles. The number of amides is 1. The SMILES string of the molecule is C#CC(=O)Nc1ccc2c(c1)CCCN2. The Morgan fingerprint density at radius 2 is 2.40 bits per heavy atom. The van der Waals surface area contributed by atoms with Crippen LogP contribution in [0, 0.1) is 12.3 Å². The molecule has 15 heavy (non-hydrogen) atoms. The highest BCUT2D eigenvalue weighted by Crippen LogP contribution is 2.24. The van der Waals surface area contributed by atoms with Crippen LogP contribution in [-0.4, -0.2) is 12.5 Å². The lowest BCUT2D eigenvalue weighted by molar-refractivity contribution is -0.111. The zero-order valence-corrected chi connectivity index (χ0v) is 8.34. The van der Waals surface area contributed by atoms with Gasteiger partial charge < -0.3 is 10.6 Å². The molecule has 76 valence electrons. The average Bonchev–Trinajstić information content (AvgIpc) is 2.29. The van der Waals surface area contributed by atoms with E-state index in [2.05, 4.69) is 10.6 Å². The molecule has 0 saturated carbocycles. The van der Waals surface area contributed by atoms with E-state index in [1.165, 1.54) is 5.56 Å². The first-order valence-corrected chi connectivity index (χ1v) is 4.94. The number of fused-ring (bicyclic) bond motifs is 1. The van der Waals surface area contributed by atoms with E-state index in [0.717, 1.165) is 30.8 Å². The Bertz CT molecular complexity index is 432. The second-order valence-corrected chi connectivity index (χ2v) is 3.50. The predicted molar refractivity (Wildman–Crippen MR) is 60.7 cm³/mol. The summed E-state index contributed by atoms with van der Waals surface area (Å²) in [4.78, 5) is 11.0. The highest BCUT2D eigenvalue weighted by molar-refractivity contribution is 6.03. The van der Waals surface area contributed by atoms with Crippen molar-refractivity contribution in [3.8, 4) is 12.3 Å². The summed E-state index contributed by atoms with van der Waals surface area (Å²) in [7, 11) is 0. The molecule has 3 nitrogen and oxygen atoms in total. The molecule has 0 bridgehead atoms. The van der Waals surface area contributed by atoms with Crippen LogP contribution in [0.3, 0.4) is 0 Å². The first-order chi connectivity index (χ1) is 7.29. The van der Waals surface area contributed by atoms with Gasteiger partial charge in [0.1, 0.15) is 0 Å². The Balaban J connectivity index is 2.21. The number of hydrogen-bond acceptors (Lipinski definition) is 2. The Hall–Kier alpha value is -1.95. The average molecular weight is 200 g/mol. The van der Waals surface area contributed by atoms with Crippen LogP contribution >= 0.6 is 0 Å². The van der Waals surface area contributed by atoms with Crippen LogP contribution in [0.25, 0.3) is 0 Å². The molecule has 3 heteroatoms. The van der Waals surface area contributed by atoms with Crippen molar-refractivity contribution in [2.75, 3.05) is 17.2 Å². The molecular formula is C12H12N2O. The van der Waals surface area contributed by atoms with Crippen molar-refractivity contribution >= 4 is 17.3 Å². The summed E-state index contributed by atoms with van der Waals surface area (Å²) in [6, 6.07) is 5.80. The summed E-state index contributed by atoms with van der Waals surface area (Å²) < 4.78 is 0. The van der Waals surface area contributed by atoms with Gasteiger partial charge in [-0.15, -0.1) is 6.42 Å². The maximum absolute atomic E-state index is 11.0. The van der Waals surface area contributed by atoms with E-state index >= 15 is 0 Å². The monoisotopic (exact) mass is 200 g/mol. The van der Waals surface area contributed by atoms with Crippen LogP contribution < -0.4 is 10.6 Å². The number of terminal acetylenes is 1. The molecule has 0 spiro atoms. The van der Waals surface area contributed by atoms with Crippen molar-refractivity contribution < 1.29 is 4.79 Å². The summed E-state index contributed by atoms with van der Waals surface area (Å²) in [6.07, 6.45) is 7.15. The number of rotatable bonds is 1. The molecule has 1 amide bonds. The number of carbonyl (C=O) groups is 1. The van der Waals surface area contributed by atoms with Crippen LogP contribution in [0.2, 0.25) is 0 Å². The summed E-state index contributed by atoms with van der Waals surface area (Å²) in [5.41, 5.74) is 3.15. The van der Waals surface area contributed by atoms with Crippen LogP contribution in [0.4, 0.5) is 11.4 Å².